The fourth-order valence-corrected chi connectivity index (χ4v) is 3.10. The van der Waals surface area contributed by atoms with Gasteiger partial charge in [-0.2, -0.15) is 0 Å². The van der Waals surface area contributed by atoms with Crippen molar-refractivity contribution < 1.29 is 9.72 Å². The van der Waals surface area contributed by atoms with E-state index in [0.717, 1.165) is 5.56 Å². The molecule has 0 saturated carbocycles. The molecule has 0 radical (unpaired) electrons. The first kappa shape index (κ1) is 16.9. The number of nitro benzene ring substituents is 1. The molecular formula is C18H20N4O3. The number of hydrogen-bond acceptors (Lipinski definition) is 5. The van der Waals surface area contributed by atoms with E-state index in [1.807, 2.05) is 24.0 Å². The average Bonchev–Trinajstić information content (AvgIpc) is 2.62. The van der Waals surface area contributed by atoms with E-state index < -0.39 is 0 Å². The Hall–Kier alpha value is -2.96. The molecule has 0 bridgehead atoms. The third-order valence-corrected chi connectivity index (χ3v) is 4.45. The smallest absolute Gasteiger partial charge is 0.292 e. The molecule has 7 nitrogen and oxygen atoms in total. The molecule has 3 rings (SSSR count). The number of pyridine rings is 1. The maximum Gasteiger partial charge on any atom is 0.292 e. The van der Waals surface area contributed by atoms with E-state index in [4.69, 9.17) is 0 Å². The van der Waals surface area contributed by atoms with Crippen LogP contribution < -0.4 is 10.2 Å². The predicted octanol–water partition coefficient (Wildman–Crippen LogP) is 3.15. The SMILES string of the molecule is Cc1ccnc(NC(=O)C2CCN(c3ccccc3[N+](=O)[O-])CC2)c1. The second-order valence-corrected chi connectivity index (χ2v) is 6.21. The van der Waals surface area contributed by atoms with Gasteiger partial charge in [0.1, 0.15) is 11.5 Å². The number of nitrogens with zero attached hydrogens (tertiary/aromatic N) is 3. The first-order valence-corrected chi connectivity index (χ1v) is 8.26. The van der Waals surface area contributed by atoms with Crippen LogP contribution in [-0.4, -0.2) is 28.9 Å². The van der Waals surface area contributed by atoms with Crippen LogP contribution in [0.4, 0.5) is 17.2 Å². The Labute approximate surface area is 145 Å². The molecule has 2 heterocycles. The van der Waals surface area contributed by atoms with Crippen molar-refractivity contribution >= 4 is 23.1 Å². The number of nitro groups is 1. The topological polar surface area (TPSA) is 88.4 Å². The van der Waals surface area contributed by atoms with Gasteiger partial charge >= 0.3 is 0 Å². The maximum atomic E-state index is 12.4. The lowest BCUT2D eigenvalue weighted by Gasteiger charge is -2.32. The van der Waals surface area contributed by atoms with E-state index in [9.17, 15) is 14.9 Å². The Bertz CT molecular complexity index is 785. The molecule has 1 amide bonds. The number of nitrogens with one attached hydrogen (secondary N) is 1. The number of piperidine rings is 1. The lowest BCUT2D eigenvalue weighted by molar-refractivity contribution is -0.384. The van der Waals surface area contributed by atoms with Crippen molar-refractivity contribution in [2.45, 2.75) is 19.8 Å². The van der Waals surface area contributed by atoms with Gasteiger partial charge in [0.25, 0.3) is 5.69 Å². The van der Waals surface area contributed by atoms with Crippen LogP contribution in [0.15, 0.2) is 42.6 Å². The van der Waals surface area contributed by atoms with Crippen molar-refractivity contribution in [2.24, 2.45) is 5.92 Å². The third-order valence-electron chi connectivity index (χ3n) is 4.45. The van der Waals surface area contributed by atoms with E-state index in [-0.39, 0.29) is 22.4 Å². The van der Waals surface area contributed by atoms with Gasteiger partial charge in [0.15, 0.2) is 0 Å². The van der Waals surface area contributed by atoms with E-state index >= 15 is 0 Å². The summed E-state index contributed by atoms with van der Waals surface area (Å²) in [5, 5.41) is 14.0. The molecule has 1 aliphatic rings. The van der Waals surface area contributed by atoms with Crippen LogP contribution in [0, 0.1) is 23.0 Å². The molecule has 1 saturated heterocycles. The Morgan fingerprint density at radius 1 is 1.28 bits per heavy atom. The summed E-state index contributed by atoms with van der Waals surface area (Å²) in [6.07, 6.45) is 2.98. The van der Waals surface area contributed by atoms with Crippen LogP contribution in [0.2, 0.25) is 0 Å². The first-order valence-electron chi connectivity index (χ1n) is 8.26. The predicted molar refractivity (Wildman–Crippen MR) is 95.6 cm³/mol. The highest BCUT2D eigenvalue weighted by Gasteiger charge is 2.28. The molecule has 7 heteroatoms. The van der Waals surface area contributed by atoms with Crippen LogP contribution in [0.3, 0.4) is 0 Å². The van der Waals surface area contributed by atoms with Gasteiger partial charge in [-0.15, -0.1) is 0 Å². The summed E-state index contributed by atoms with van der Waals surface area (Å²) in [5.41, 5.74) is 1.76. The molecule has 1 aromatic heterocycles. The molecular weight excluding hydrogens is 320 g/mol. The summed E-state index contributed by atoms with van der Waals surface area (Å²) in [6.45, 7) is 3.18. The quantitative estimate of drug-likeness (QED) is 0.682. The highest BCUT2D eigenvalue weighted by atomic mass is 16.6. The molecule has 2 aromatic rings. The number of benzene rings is 1. The van der Waals surface area contributed by atoms with Gasteiger partial charge in [-0.05, 0) is 43.5 Å². The number of aromatic nitrogens is 1. The normalized spacial score (nSPS) is 15.0. The monoisotopic (exact) mass is 340 g/mol. The van der Waals surface area contributed by atoms with Crippen molar-refractivity contribution in [1.82, 2.24) is 4.98 Å². The zero-order valence-electron chi connectivity index (χ0n) is 14.0. The molecule has 0 unspecified atom stereocenters. The number of amides is 1. The van der Waals surface area contributed by atoms with Crippen LogP contribution >= 0.6 is 0 Å². The van der Waals surface area contributed by atoms with E-state index in [1.165, 1.54) is 6.07 Å². The molecule has 25 heavy (non-hydrogen) atoms. The number of carbonyl (C=O) groups is 1. The summed E-state index contributed by atoms with van der Waals surface area (Å²) >= 11 is 0. The molecule has 1 aliphatic heterocycles. The zero-order valence-corrected chi connectivity index (χ0v) is 14.0. The molecule has 0 aliphatic carbocycles. The van der Waals surface area contributed by atoms with Gasteiger partial charge in [-0.3, -0.25) is 14.9 Å². The Kier molecular flexibility index (Phi) is 4.92. The lowest BCUT2D eigenvalue weighted by Crippen LogP contribution is -2.38. The second-order valence-electron chi connectivity index (χ2n) is 6.21. The first-order chi connectivity index (χ1) is 12.0. The molecule has 130 valence electrons. The van der Waals surface area contributed by atoms with Gasteiger partial charge in [0.2, 0.25) is 5.91 Å². The Morgan fingerprint density at radius 3 is 2.68 bits per heavy atom. The summed E-state index contributed by atoms with van der Waals surface area (Å²) in [7, 11) is 0. The number of carbonyl (C=O) groups excluding carboxylic acids is 1. The number of anilines is 2. The largest absolute Gasteiger partial charge is 0.366 e. The number of para-hydroxylation sites is 2. The highest BCUT2D eigenvalue weighted by molar-refractivity contribution is 5.91. The second kappa shape index (κ2) is 7.29. The minimum absolute atomic E-state index is 0.0414. The summed E-state index contributed by atoms with van der Waals surface area (Å²) in [4.78, 5) is 29.4. The number of hydrogen-bond donors (Lipinski definition) is 1. The maximum absolute atomic E-state index is 12.4. The lowest BCUT2D eigenvalue weighted by atomic mass is 9.95. The van der Waals surface area contributed by atoms with Crippen LogP contribution in [0.25, 0.3) is 0 Å². The van der Waals surface area contributed by atoms with E-state index in [2.05, 4.69) is 10.3 Å². The van der Waals surface area contributed by atoms with Gasteiger partial charge < -0.3 is 10.2 Å². The Balaban J connectivity index is 1.62. The minimum Gasteiger partial charge on any atom is -0.366 e. The standard InChI is InChI=1S/C18H20N4O3/c1-13-6-9-19-17(12-13)20-18(23)14-7-10-21(11-8-14)15-4-2-3-5-16(15)22(24)25/h2-6,9,12,14H,7-8,10-11H2,1H3,(H,19,20,23). The minimum atomic E-state index is -0.364. The van der Waals surface area contributed by atoms with Crippen molar-refractivity contribution in [1.29, 1.82) is 0 Å². The zero-order chi connectivity index (χ0) is 17.8. The summed E-state index contributed by atoms with van der Waals surface area (Å²) < 4.78 is 0. The number of aryl methyl sites for hydroxylation is 1. The van der Waals surface area contributed by atoms with Crippen molar-refractivity contribution in [3.05, 3.63) is 58.3 Å². The molecule has 0 spiro atoms. The fourth-order valence-electron chi connectivity index (χ4n) is 3.10. The van der Waals surface area contributed by atoms with Crippen LogP contribution in [-0.2, 0) is 4.79 Å². The molecule has 1 N–H and O–H groups in total. The van der Waals surface area contributed by atoms with Gasteiger partial charge in [-0.1, -0.05) is 12.1 Å². The molecule has 1 fully saturated rings. The van der Waals surface area contributed by atoms with Crippen molar-refractivity contribution in [2.75, 3.05) is 23.3 Å². The summed E-state index contributed by atoms with van der Waals surface area (Å²) in [5.74, 6) is 0.410. The number of rotatable bonds is 4. The van der Waals surface area contributed by atoms with Gasteiger partial charge in [-0.25, -0.2) is 4.98 Å². The van der Waals surface area contributed by atoms with Gasteiger partial charge in [0.05, 0.1) is 4.92 Å². The highest BCUT2D eigenvalue weighted by Crippen LogP contribution is 2.31. The van der Waals surface area contributed by atoms with Crippen LogP contribution in [0.5, 0.6) is 0 Å². The van der Waals surface area contributed by atoms with Crippen LogP contribution in [0.1, 0.15) is 18.4 Å². The summed E-state index contributed by atoms with van der Waals surface area (Å²) in [6, 6.07) is 10.4. The molecule has 1 aromatic carbocycles. The third kappa shape index (κ3) is 3.93. The Morgan fingerprint density at radius 2 is 2.00 bits per heavy atom. The van der Waals surface area contributed by atoms with Crippen molar-refractivity contribution in [3.8, 4) is 0 Å². The van der Waals surface area contributed by atoms with E-state index in [0.29, 0.717) is 37.4 Å². The van der Waals surface area contributed by atoms with Crippen molar-refractivity contribution in [3.63, 3.8) is 0 Å². The van der Waals surface area contributed by atoms with Gasteiger partial charge in [0, 0.05) is 31.3 Å². The van der Waals surface area contributed by atoms with E-state index in [1.54, 1.807) is 24.4 Å². The fraction of sp³-hybridized carbons (Fsp3) is 0.333. The average molecular weight is 340 g/mol. The molecule has 0 atom stereocenters.